The van der Waals surface area contributed by atoms with E-state index < -0.39 is 92.8 Å². The van der Waals surface area contributed by atoms with Crippen molar-refractivity contribution in [2.45, 2.75) is 97.1 Å². The van der Waals surface area contributed by atoms with Gasteiger partial charge in [0.1, 0.15) is 25.4 Å². The van der Waals surface area contributed by atoms with Crippen LogP contribution in [-0.2, 0) is 95.1 Å². The lowest BCUT2D eigenvalue weighted by molar-refractivity contribution is -0.295. The molecule has 1 aliphatic heterocycles. The van der Waals surface area contributed by atoms with Gasteiger partial charge in [-0.05, 0) is 16.7 Å². The van der Waals surface area contributed by atoms with E-state index in [1.807, 2.05) is 0 Å². The number of hydrogen-bond donors (Lipinski definition) is 1. The molecule has 312 valence electrons. The standard InChI is InChI=1S/C40H46NO16P/c1-26(42)41-36-34(53-28(3)44)21-40(39(47)50-22-31-15-9-6-10-16-31,56-38(36)37(55-30(5)46)35(54-29(4)45)25-49-27(2)43)57-58(48,51-23-32-17-11-7-12-18-32)52-24-33-19-13-8-14-20-33/h6-20,34-38H,21-25H2,1-5H3,(H,41,42)/t34-,35+,36+,37+,38+,40+/m0/s1. The Morgan fingerprint density at radius 1 is 0.690 bits per heavy atom. The van der Waals surface area contributed by atoms with Crippen molar-refractivity contribution in [1.29, 1.82) is 0 Å². The first-order valence-corrected chi connectivity index (χ1v) is 19.5. The van der Waals surface area contributed by atoms with E-state index >= 15 is 0 Å². The van der Waals surface area contributed by atoms with E-state index in [0.29, 0.717) is 16.7 Å². The minimum Gasteiger partial charge on any atom is -0.462 e. The van der Waals surface area contributed by atoms with Crippen LogP contribution in [0.4, 0.5) is 0 Å². The molecular weight excluding hydrogens is 781 g/mol. The fourth-order valence-electron chi connectivity index (χ4n) is 5.90. The topological polar surface area (TPSA) is 215 Å². The number of phosphoric ester groups is 1. The summed E-state index contributed by atoms with van der Waals surface area (Å²) in [6.45, 7) is 3.47. The number of ether oxygens (including phenoxy) is 6. The van der Waals surface area contributed by atoms with Crippen LogP contribution >= 0.6 is 7.82 Å². The molecule has 1 fully saturated rings. The molecule has 0 saturated carbocycles. The molecule has 1 saturated heterocycles. The number of rotatable bonds is 19. The van der Waals surface area contributed by atoms with Crippen molar-refractivity contribution in [1.82, 2.24) is 5.32 Å². The van der Waals surface area contributed by atoms with Crippen LogP contribution in [0.1, 0.15) is 57.7 Å². The molecule has 0 aromatic heterocycles. The van der Waals surface area contributed by atoms with Gasteiger partial charge in [-0.2, -0.15) is 0 Å². The largest absolute Gasteiger partial charge is 0.478 e. The maximum Gasteiger partial charge on any atom is 0.478 e. The van der Waals surface area contributed by atoms with Gasteiger partial charge in [-0.25, -0.2) is 13.9 Å². The highest BCUT2D eigenvalue weighted by molar-refractivity contribution is 7.48. The van der Waals surface area contributed by atoms with Gasteiger partial charge in [0.25, 0.3) is 5.79 Å². The molecule has 4 rings (SSSR count). The number of nitrogens with one attached hydrogen (secondary N) is 1. The van der Waals surface area contributed by atoms with Crippen LogP contribution < -0.4 is 5.32 Å². The van der Waals surface area contributed by atoms with Crippen LogP contribution in [0.3, 0.4) is 0 Å². The van der Waals surface area contributed by atoms with Gasteiger partial charge in [-0.1, -0.05) is 91.0 Å². The summed E-state index contributed by atoms with van der Waals surface area (Å²) in [7, 11) is -5.01. The molecule has 0 radical (unpaired) electrons. The molecule has 1 aliphatic rings. The molecular formula is C40H46NO16P. The SMILES string of the molecule is CC(=O)N[C@H]1[C@H]([C@H](OC(C)=O)[C@@H](COC(C)=O)OC(C)=O)O[C@](OP(=O)(OCc2ccccc2)OCc2ccccc2)(C(=O)OCc2ccccc2)C[C@@H]1OC(C)=O. The number of amides is 1. The summed E-state index contributed by atoms with van der Waals surface area (Å²) in [5.41, 5.74) is 1.58. The average molecular weight is 828 g/mol. The first kappa shape index (κ1) is 45.3. The van der Waals surface area contributed by atoms with Crippen molar-refractivity contribution >= 4 is 43.6 Å². The van der Waals surface area contributed by atoms with Crippen LogP contribution in [0.25, 0.3) is 0 Å². The van der Waals surface area contributed by atoms with Crippen LogP contribution in [-0.4, -0.2) is 78.6 Å². The zero-order chi connectivity index (χ0) is 42.3. The zero-order valence-corrected chi connectivity index (χ0v) is 33.5. The predicted molar refractivity (Wildman–Crippen MR) is 201 cm³/mol. The second-order valence-corrected chi connectivity index (χ2v) is 14.6. The molecule has 3 aromatic rings. The van der Waals surface area contributed by atoms with E-state index in [4.69, 9.17) is 42.0 Å². The van der Waals surface area contributed by atoms with Crippen molar-refractivity contribution in [2.24, 2.45) is 0 Å². The smallest absolute Gasteiger partial charge is 0.462 e. The van der Waals surface area contributed by atoms with E-state index in [9.17, 15) is 33.3 Å². The quantitative estimate of drug-likeness (QED) is 0.0990. The van der Waals surface area contributed by atoms with Crippen molar-refractivity contribution in [2.75, 3.05) is 6.61 Å². The molecule has 17 nitrogen and oxygen atoms in total. The Kier molecular flexibility index (Phi) is 16.7. The molecule has 3 aromatic carbocycles. The van der Waals surface area contributed by atoms with Crippen LogP contribution in [0.15, 0.2) is 91.0 Å². The summed E-state index contributed by atoms with van der Waals surface area (Å²) < 4.78 is 66.8. The second-order valence-electron chi connectivity index (χ2n) is 13.1. The molecule has 58 heavy (non-hydrogen) atoms. The summed E-state index contributed by atoms with van der Waals surface area (Å²) in [4.78, 5) is 77.2. The maximum absolute atomic E-state index is 15.0. The maximum atomic E-state index is 15.0. The van der Waals surface area contributed by atoms with Crippen LogP contribution in [0.2, 0.25) is 0 Å². The number of carbonyl (C=O) groups is 6. The van der Waals surface area contributed by atoms with Crippen LogP contribution in [0.5, 0.6) is 0 Å². The van der Waals surface area contributed by atoms with E-state index in [1.54, 1.807) is 91.0 Å². The Morgan fingerprint density at radius 2 is 1.19 bits per heavy atom. The summed E-state index contributed by atoms with van der Waals surface area (Å²) in [5.74, 6) is -8.58. The monoisotopic (exact) mass is 827 g/mol. The second kappa shape index (κ2) is 21.3. The van der Waals surface area contributed by atoms with Gasteiger partial charge in [0.15, 0.2) is 12.2 Å². The highest BCUT2D eigenvalue weighted by atomic mass is 31.2. The Morgan fingerprint density at radius 3 is 1.64 bits per heavy atom. The van der Waals surface area contributed by atoms with Crippen LogP contribution in [0, 0.1) is 0 Å². The average Bonchev–Trinajstić information content (AvgIpc) is 3.17. The first-order valence-electron chi connectivity index (χ1n) is 18.1. The van der Waals surface area contributed by atoms with Crippen molar-refractivity contribution in [3.05, 3.63) is 108 Å². The molecule has 1 heterocycles. The minimum atomic E-state index is -5.01. The molecule has 1 N–H and O–H groups in total. The zero-order valence-electron chi connectivity index (χ0n) is 32.6. The number of benzene rings is 3. The van der Waals surface area contributed by atoms with E-state index in [-0.39, 0.29) is 19.8 Å². The van der Waals surface area contributed by atoms with Crippen molar-refractivity contribution < 1.29 is 75.3 Å². The Hall–Kier alpha value is -5.45. The number of hydrogen-bond acceptors (Lipinski definition) is 16. The lowest BCUT2D eigenvalue weighted by atomic mass is 9.88. The first-order chi connectivity index (χ1) is 27.6. The Balaban J connectivity index is 1.92. The highest BCUT2D eigenvalue weighted by Gasteiger charge is 2.62. The van der Waals surface area contributed by atoms with E-state index in [1.165, 1.54) is 0 Å². The molecule has 1 amide bonds. The van der Waals surface area contributed by atoms with Gasteiger partial charge in [0.05, 0.1) is 25.7 Å². The summed E-state index contributed by atoms with van der Waals surface area (Å²) in [5, 5.41) is 2.58. The summed E-state index contributed by atoms with van der Waals surface area (Å²) in [6, 6.07) is 24.0. The number of carbonyl (C=O) groups excluding carboxylic acids is 6. The van der Waals surface area contributed by atoms with Gasteiger partial charge < -0.3 is 33.7 Å². The van der Waals surface area contributed by atoms with Gasteiger partial charge in [-0.15, -0.1) is 0 Å². The van der Waals surface area contributed by atoms with Gasteiger partial charge in [-0.3, -0.25) is 33.0 Å². The summed E-state index contributed by atoms with van der Waals surface area (Å²) in [6.07, 6.45) is -7.83. The van der Waals surface area contributed by atoms with Gasteiger partial charge >= 0.3 is 37.7 Å². The lowest BCUT2D eigenvalue weighted by Gasteiger charge is -2.48. The minimum absolute atomic E-state index is 0.361. The van der Waals surface area contributed by atoms with E-state index in [2.05, 4.69) is 5.32 Å². The molecule has 6 atom stereocenters. The number of esters is 5. The third-order valence-corrected chi connectivity index (χ3v) is 9.66. The van der Waals surface area contributed by atoms with Gasteiger partial charge in [0.2, 0.25) is 5.91 Å². The molecule has 0 unspecified atom stereocenters. The van der Waals surface area contributed by atoms with Crippen molar-refractivity contribution in [3.63, 3.8) is 0 Å². The summed E-state index contributed by atoms with van der Waals surface area (Å²) >= 11 is 0. The normalized spacial score (nSPS) is 20.1. The molecule has 0 bridgehead atoms. The Bertz CT molecular complexity index is 1870. The third kappa shape index (κ3) is 13.9. The lowest BCUT2D eigenvalue weighted by Crippen LogP contribution is -2.69. The number of phosphoric acid groups is 1. The molecule has 0 spiro atoms. The van der Waals surface area contributed by atoms with E-state index in [0.717, 1.165) is 34.6 Å². The molecule has 18 heteroatoms. The van der Waals surface area contributed by atoms with Gasteiger partial charge in [0, 0.05) is 34.6 Å². The third-order valence-electron chi connectivity index (χ3n) is 8.25. The predicted octanol–water partition coefficient (Wildman–Crippen LogP) is 4.64. The molecule has 0 aliphatic carbocycles. The fraction of sp³-hybridized carbons (Fsp3) is 0.400. The Labute approximate surface area is 335 Å². The van der Waals surface area contributed by atoms with Crippen molar-refractivity contribution in [3.8, 4) is 0 Å². The fourth-order valence-corrected chi connectivity index (χ4v) is 7.24. The highest BCUT2D eigenvalue weighted by Crippen LogP contribution is 2.57.